The quantitative estimate of drug-likeness (QED) is 0.301. The highest BCUT2D eigenvalue weighted by molar-refractivity contribution is 6.37. The lowest BCUT2D eigenvalue weighted by molar-refractivity contribution is 0.104. The smallest absolute Gasteiger partial charge is 0.206 e. The highest BCUT2D eigenvalue weighted by Gasteiger charge is 2.21. The maximum atomic E-state index is 12.8. The number of aliphatic imine (C=N–C) groups is 1. The maximum absolute atomic E-state index is 12.8. The first-order chi connectivity index (χ1) is 12.3. The first-order valence-electron chi connectivity index (χ1n) is 7.84. The molecule has 0 amide bonds. The van der Waals surface area contributed by atoms with Gasteiger partial charge in [-0.1, -0.05) is 78.9 Å². The summed E-state index contributed by atoms with van der Waals surface area (Å²) in [5, 5.41) is 0. The van der Waals surface area contributed by atoms with E-state index < -0.39 is 5.78 Å². The molecule has 120 valence electrons. The van der Waals surface area contributed by atoms with Crippen LogP contribution in [0.4, 0.5) is 5.69 Å². The van der Waals surface area contributed by atoms with Crippen molar-refractivity contribution in [3.8, 4) is 0 Å². The number of carbonyl (C=O) groups is 1. The minimum Gasteiger partial charge on any atom is -0.288 e. The third-order valence-electron chi connectivity index (χ3n) is 3.65. The van der Waals surface area contributed by atoms with Crippen molar-refractivity contribution in [3.63, 3.8) is 0 Å². The zero-order valence-electron chi connectivity index (χ0n) is 13.4. The predicted octanol–water partition coefficient (Wildman–Crippen LogP) is 4.45. The maximum Gasteiger partial charge on any atom is 0.206 e. The van der Waals surface area contributed by atoms with Crippen LogP contribution in [0.5, 0.6) is 0 Å². The summed E-state index contributed by atoms with van der Waals surface area (Å²) in [5.41, 5.74) is 2.01. The van der Waals surface area contributed by atoms with E-state index in [1.165, 1.54) is 0 Å². The molecule has 0 aliphatic carbocycles. The van der Waals surface area contributed by atoms with E-state index in [2.05, 4.69) is 4.99 Å². The average molecular weight is 325 g/mol. The van der Waals surface area contributed by atoms with Gasteiger partial charge in [-0.25, -0.2) is 9.79 Å². The molecule has 0 aromatic heterocycles. The van der Waals surface area contributed by atoms with Crippen LogP contribution in [-0.2, 0) is 4.79 Å². The molecular formula is C22H15NO2. The summed E-state index contributed by atoms with van der Waals surface area (Å²) in [6, 6.07) is 27.1. The Bertz CT molecular complexity index is 939. The van der Waals surface area contributed by atoms with Gasteiger partial charge in [-0.2, -0.15) is 0 Å². The van der Waals surface area contributed by atoms with Crippen LogP contribution in [0.15, 0.2) is 102 Å². The standard InChI is InChI=1S/C22H15NO2/c24-16-20(22(25)18-12-6-2-7-13-18)21(17-10-4-1-5-11-17)23-19-14-8-3-9-15-19/h1-15H. The Kier molecular flexibility index (Phi) is 5.10. The summed E-state index contributed by atoms with van der Waals surface area (Å²) in [6.07, 6.45) is 0. The lowest BCUT2D eigenvalue weighted by atomic mass is 9.96. The molecule has 0 radical (unpaired) electrons. The van der Waals surface area contributed by atoms with Gasteiger partial charge in [0.25, 0.3) is 0 Å². The van der Waals surface area contributed by atoms with Gasteiger partial charge in [-0.15, -0.1) is 0 Å². The van der Waals surface area contributed by atoms with E-state index in [1.54, 1.807) is 30.2 Å². The summed E-state index contributed by atoms with van der Waals surface area (Å²) >= 11 is 0. The van der Waals surface area contributed by atoms with Crippen molar-refractivity contribution in [2.24, 2.45) is 4.99 Å². The molecule has 0 atom stereocenters. The number of carbonyl (C=O) groups excluding carboxylic acids is 2. The highest BCUT2D eigenvalue weighted by atomic mass is 16.1. The van der Waals surface area contributed by atoms with E-state index in [0.29, 0.717) is 22.5 Å². The molecule has 0 aliphatic heterocycles. The number of rotatable bonds is 5. The van der Waals surface area contributed by atoms with Crippen LogP contribution >= 0.6 is 0 Å². The Morgan fingerprint density at radius 3 is 1.68 bits per heavy atom. The van der Waals surface area contributed by atoms with Gasteiger partial charge in [-0.05, 0) is 12.1 Å². The van der Waals surface area contributed by atoms with E-state index in [4.69, 9.17) is 0 Å². The van der Waals surface area contributed by atoms with E-state index in [0.717, 1.165) is 0 Å². The summed E-state index contributed by atoms with van der Waals surface area (Å²) < 4.78 is 0. The number of nitrogens with zero attached hydrogens (tertiary/aromatic N) is 1. The second-order valence-corrected chi connectivity index (χ2v) is 5.33. The average Bonchev–Trinajstić information content (AvgIpc) is 2.70. The molecular weight excluding hydrogens is 310 g/mol. The summed E-state index contributed by atoms with van der Waals surface area (Å²) in [6.45, 7) is 0. The minimum atomic E-state index is -0.394. The van der Waals surface area contributed by atoms with Crippen molar-refractivity contribution < 1.29 is 9.59 Å². The molecule has 0 saturated carbocycles. The van der Waals surface area contributed by atoms with Gasteiger partial charge in [0.1, 0.15) is 11.5 Å². The summed E-state index contributed by atoms with van der Waals surface area (Å²) in [4.78, 5) is 29.0. The van der Waals surface area contributed by atoms with Gasteiger partial charge in [0.15, 0.2) is 0 Å². The first-order valence-corrected chi connectivity index (χ1v) is 7.84. The Morgan fingerprint density at radius 1 is 0.680 bits per heavy atom. The van der Waals surface area contributed by atoms with Gasteiger partial charge in [-0.3, -0.25) is 4.79 Å². The number of Topliss-reactive ketones (excluding diaryl/α,β-unsaturated/α-hetero) is 1. The molecule has 0 aliphatic rings. The van der Waals surface area contributed by atoms with Crippen LogP contribution in [-0.4, -0.2) is 17.4 Å². The third kappa shape index (κ3) is 3.86. The van der Waals surface area contributed by atoms with Crippen molar-refractivity contribution in [2.45, 2.75) is 0 Å². The fourth-order valence-corrected chi connectivity index (χ4v) is 2.43. The SMILES string of the molecule is O=C=C(C(=O)c1ccccc1)C(=Nc1ccccc1)c1ccccc1. The number of hydrogen-bond acceptors (Lipinski definition) is 3. The zero-order valence-corrected chi connectivity index (χ0v) is 13.4. The van der Waals surface area contributed by atoms with Gasteiger partial charge in [0.2, 0.25) is 5.78 Å². The van der Waals surface area contributed by atoms with Gasteiger partial charge < -0.3 is 0 Å². The molecule has 0 fully saturated rings. The Labute approximate surface area is 146 Å². The lowest BCUT2D eigenvalue weighted by Gasteiger charge is -2.08. The molecule has 0 N–H and O–H groups in total. The van der Waals surface area contributed by atoms with E-state index in [-0.39, 0.29) is 5.57 Å². The summed E-state index contributed by atoms with van der Waals surface area (Å²) in [7, 11) is 0. The van der Waals surface area contributed by atoms with Crippen molar-refractivity contribution >= 4 is 23.1 Å². The number of allylic oxidation sites excluding steroid dienone is 1. The van der Waals surface area contributed by atoms with Crippen molar-refractivity contribution in [1.82, 2.24) is 0 Å². The normalized spacial score (nSPS) is 10.8. The molecule has 3 nitrogen and oxygen atoms in total. The molecule has 25 heavy (non-hydrogen) atoms. The molecule has 0 heterocycles. The Balaban J connectivity index is 2.12. The number of benzene rings is 3. The molecule has 3 aromatic carbocycles. The van der Waals surface area contributed by atoms with Crippen molar-refractivity contribution in [3.05, 3.63) is 108 Å². The van der Waals surface area contributed by atoms with E-state index in [9.17, 15) is 9.59 Å². The highest BCUT2D eigenvalue weighted by Crippen LogP contribution is 2.19. The molecule has 0 bridgehead atoms. The van der Waals surface area contributed by atoms with E-state index >= 15 is 0 Å². The lowest BCUT2D eigenvalue weighted by Crippen LogP contribution is -2.15. The predicted molar refractivity (Wildman–Crippen MR) is 99.1 cm³/mol. The number of ketones is 1. The van der Waals surface area contributed by atoms with E-state index in [1.807, 2.05) is 66.7 Å². The number of para-hydroxylation sites is 1. The van der Waals surface area contributed by atoms with Crippen molar-refractivity contribution in [2.75, 3.05) is 0 Å². The zero-order chi connectivity index (χ0) is 17.5. The second kappa shape index (κ2) is 7.82. The topological polar surface area (TPSA) is 46.5 Å². The van der Waals surface area contributed by atoms with Crippen LogP contribution in [0.1, 0.15) is 15.9 Å². The first kappa shape index (κ1) is 16.3. The van der Waals surface area contributed by atoms with Gasteiger partial charge in [0.05, 0.1) is 11.4 Å². The van der Waals surface area contributed by atoms with Gasteiger partial charge in [0, 0.05) is 11.1 Å². The Hall–Kier alpha value is -3.55. The van der Waals surface area contributed by atoms with Crippen LogP contribution in [0.25, 0.3) is 0 Å². The Morgan fingerprint density at radius 2 is 1.16 bits per heavy atom. The number of hydrogen-bond donors (Lipinski definition) is 0. The van der Waals surface area contributed by atoms with Crippen LogP contribution in [0.2, 0.25) is 0 Å². The third-order valence-corrected chi connectivity index (χ3v) is 3.65. The molecule has 3 heteroatoms. The summed E-state index contributed by atoms with van der Waals surface area (Å²) in [5.74, 6) is 1.41. The second-order valence-electron chi connectivity index (χ2n) is 5.33. The molecule has 3 rings (SSSR count). The van der Waals surface area contributed by atoms with Crippen molar-refractivity contribution in [1.29, 1.82) is 0 Å². The molecule has 0 spiro atoms. The largest absolute Gasteiger partial charge is 0.288 e. The molecule has 0 saturated heterocycles. The fraction of sp³-hybridized carbons (Fsp3) is 0. The molecule has 0 unspecified atom stereocenters. The monoisotopic (exact) mass is 325 g/mol. The van der Waals surface area contributed by atoms with Crippen LogP contribution < -0.4 is 0 Å². The minimum absolute atomic E-state index is 0.0822. The fourth-order valence-electron chi connectivity index (χ4n) is 2.43. The molecule has 3 aromatic rings. The van der Waals surface area contributed by atoms with Gasteiger partial charge >= 0.3 is 0 Å². The van der Waals surface area contributed by atoms with Crippen LogP contribution in [0, 0.1) is 0 Å². The van der Waals surface area contributed by atoms with Crippen LogP contribution in [0.3, 0.4) is 0 Å².